The number of para-hydroxylation sites is 2. The number of aromatic nitrogens is 3. The van der Waals surface area contributed by atoms with E-state index in [0.29, 0.717) is 10.0 Å². The van der Waals surface area contributed by atoms with Gasteiger partial charge in [-0.2, -0.15) is 5.26 Å². The number of thiazole rings is 1. The summed E-state index contributed by atoms with van der Waals surface area (Å²) in [5.41, 5.74) is 4.14. The standard InChI is InChI=1S/C22H16N4OS2/c1-14-21(25-18-10-6-5-9-17(18)24-14)29-13-20(27)16(11-23)22-26-19(12-28-22)15-7-3-2-4-8-15/h2-10,12,16H,13H2,1H3. The lowest BCUT2D eigenvalue weighted by Gasteiger charge is -2.07. The van der Waals surface area contributed by atoms with Crippen LogP contribution in [0.2, 0.25) is 0 Å². The summed E-state index contributed by atoms with van der Waals surface area (Å²) in [4.78, 5) is 26.4. The van der Waals surface area contributed by atoms with Gasteiger partial charge < -0.3 is 0 Å². The molecule has 4 rings (SSSR count). The molecule has 0 fully saturated rings. The van der Waals surface area contributed by atoms with E-state index in [2.05, 4.69) is 21.0 Å². The van der Waals surface area contributed by atoms with E-state index in [0.717, 1.165) is 28.0 Å². The van der Waals surface area contributed by atoms with Gasteiger partial charge in [0, 0.05) is 10.9 Å². The molecule has 0 bridgehead atoms. The van der Waals surface area contributed by atoms with E-state index < -0.39 is 5.92 Å². The molecule has 1 unspecified atom stereocenters. The molecule has 5 nitrogen and oxygen atoms in total. The van der Waals surface area contributed by atoms with E-state index in [1.807, 2.05) is 66.9 Å². The number of nitriles is 1. The van der Waals surface area contributed by atoms with E-state index in [-0.39, 0.29) is 11.5 Å². The highest BCUT2D eigenvalue weighted by Crippen LogP contribution is 2.29. The first-order chi connectivity index (χ1) is 14.2. The van der Waals surface area contributed by atoms with Gasteiger partial charge in [0.15, 0.2) is 11.7 Å². The third-order valence-electron chi connectivity index (χ3n) is 4.34. The molecule has 0 aliphatic carbocycles. The average molecular weight is 417 g/mol. The largest absolute Gasteiger partial charge is 0.297 e. The number of carbonyl (C=O) groups excluding carboxylic acids is 1. The summed E-state index contributed by atoms with van der Waals surface area (Å²) in [5, 5.41) is 12.7. The molecule has 2 aromatic carbocycles. The van der Waals surface area contributed by atoms with Crippen LogP contribution >= 0.6 is 23.1 Å². The maximum atomic E-state index is 12.7. The minimum absolute atomic E-state index is 0.145. The van der Waals surface area contributed by atoms with Gasteiger partial charge in [-0.25, -0.2) is 15.0 Å². The zero-order valence-corrected chi connectivity index (χ0v) is 17.2. The molecule has 29 heavy (non-hydrogen) atoms. The number of benzene rings is 2. The Morgan fingerprint density at radius 2 is 1.76 bits per heavy atom. The van der Waals surface area contributed by atoms with E-state index >= 15 is 0 Å². The minimum atomic E-state index is -0.876. The molecule has 142 valence electrons. The van der Waals surface area contributed by atoms with Gasteiger partial charge in [0.2, 0.25) is 0 Å². The number of rotatable bonds is 6. The highest BCUT2D eigenvalue weighted by Gasteiger charge is 2.24. The van der Waals surface area contributed by atoms with Gasteiger partial charge in [-0.15, -0.1) is 11.3 Å². The fraction of sp³-hybridized carbons (Fsp3) is 0.136. The van der Waals surface area contributed by atoms with Crippen LogP contribution in [0.3, 0.4) is 0 Å². The molecule has 0 saturated carbocycles. The average Bonchev–Trinajstić information content (AvgIpc) is 3.23. The lowest BCUT2D eigenvalue weighted by Crippen LogP contribution is -2.13. The topological polar surface area (TPSA) is 79.5 Å². The van der Waals surface area contributed by atoms with Crippen LogP contribution in [0.1, 0.15) is 16.6 Å². The van der Waals surface area contributed by atoms with E-state index in [9.17, 15) is 10.1 Å². The number of hydrogen-bond acceptors (Lipinski definition) is 7. The highest BCUT2D eigenvalue weighted by atomic mass is 32.2. The normalized spacial score (nSPS) is 11.9. The quantitative estimate of drug-likeness (QED) is 0.410. The summed E-state index contributed by atoms with van der Waals surface area (Å²) in [6, 6.07) is 19.5. The van der Waals surface area contributed by atoms with Crippen molar-refractivity contribution in [1.29, 1.82) is 5.26 Å². The first-order valence-corrected chi connectivity index (χ1v) is 10.8. The van der Waals surface area contributed by atoms with Crippen LogP contribution in [0, 0.1) is 18.3 Å². The molecular weight excluding hydrogens is 400 g/mol. The Labute approximate surface area is 176 Å². The zero-order chi connectivity index (χ0) is 20.2. The Morgan fingerprint density at radius 3 is 2.48 bits per heavy atom. The van der Waals surface area contributed by atoms with Crippen molar-refractivity contribution in [2.45, 2.75) is 17.9 Å². The summed E-state index contributed by atoms with van der Waals surface area (Å²) in [5.74, 6) is -0.911. The Balaban J connectivity index is 1.50. The van der Waals surface area contributed by atoms with Crippen molar-refractivity contribution in [1.82, 2.24) is 15.0 Å². The second kappa shape index (κ2) is 8.52. The van der Waals surface area contributed by atoms with Crippen molar-refractivity contribution in [3.05, 3.63) is 70.7 Å². The number of Topliss-reactive ketones (excluding diaryl/α,β-unsaturated/α-hetero) is 1. The van der Waals surface area contributed by atoms with Gasteiger partial charge in [0.1, 0.15) is 10.0 Å². The van der Waals surface area contributed by atoms with Gasteiger partial charge in [-0.1, -0.05) is 54.2 Å². The first kappa shape index (κ1) is 19.2. The van der Waals surface area contributed by atoms with E-state index in [1.54, 1.807) is 0 Å². The van der Waals surface area contributed by atoms with Crippen molar-refractivity contribution in [3.63, 3.8) is 0 Å². The summed E-state index contributed by atoms with van der Waals surface area (Å²) >= 11 is 2.65. The monoisotopic (exact) mass is 416 g/mol. The lowest BCUT2D eigenvalue weighted by molar-refractivity contribution is -0.116. The number of thioether (sulfide) groups is 1. The predicted octanol–water partition coefficient (Wildman–Crippen LogP) is 5.03. The fourth-order valence-corrected chi connectivity index (χ4v) is 4.61. The lowest BCUT2D eigenvalue weighted by atomic mass is 10.1. The van der Waals surface area contributed by atoms with Gasteiger partial charge in [0.25, 0.3) is 0 Å². The summed E-state index contributed by atoms with van der Waals surface area (Å²) in [7, 11) is 0. The number of nitrogens with zero attached hydrogens (tertiary/aromatic N) is 4. The maximum absolute atomic E-state index is 12.7. The molecule has 4 aromatic rings. The Bertz CT molecular complexity index is 1210. The molecule has 0 amide bonds. The Kier molecular flexibility index (Phi) is 5.65. The molecule has 0 aliphatic rings. The van der Waals surface area contributed by atoms with Crippen LogP contribution in [0.15, 0.2) is 65.0 Å². The van der Waals surface area contributed by atoms with Crippen LogP contribution in [-0.4, -0.2) is 26.5 Å². The van der Waals surface area contributed by atoms with Gasteiger partial charge in [-0.05, 0) is 19.1 Å². The van der Waals surface area contributed by atoms with Crippen molar-refractivity contribution in [3.8, 4) is 17.3 Å². The van der Waals surface area contributed by atoms with Crippen molar-refractivity contribution >= 4 is 39.9 Å². The van der Waals surface area contributed by atoms with E-state index in [4.69, 9.17) is 0 Å². The molecule has 0 N–H and O–H groups in total. The fourth-order valence-electron chi connectivity index (χ4n) is 2.86. The van der Waals surface area contributed by atoms with Crippen LogP contribution in [-0.2, 0) is 4.79 Å². The molecule has 2 aromatic heterocycles. The molecule has 7 heteroatoms. The maximum Gasteiger partial charge on any atom is 0.167 e. The minimum Gasteiger partial charge on any atom is -0.297 e. The van der Waals surface area contributed by atoms with Gasteiger partial charge in [-0.3, -0.25) is 4.79 Å². The smallest absolute Gasteiger partial charge is 0.167 e. The van der Waals surface area contributed by atoms with Crippen molar-refractivity contribution in [2.75, 3.05) is 5.75 Å². The van der Waals surface area contributed by atoms with E-state index in [1.165, 1.54) is 23.1 Å². The molecule has 0 aliphatic heterocycles. The SMILES string of the molecule is Cc1nc2ccccc2nc1SCC(=O)C(C#N)c1nc(-c2ccccc2)cs1. The van der Waals surface area contributed by atoms with Crippen LogP contribution < -0.4 is 0 Å². The van der Waals surface area contributed by atoms with Crippen LogP contribution in [0.5, 0.6) is 0 Å². The van der Waals surface area contributed by atoms with Crippen LogP contribution in [0.25, 0.3) is 22.3 Å². The molecule has 0 saturated heterocycles. The van der Waals surface area contributed by atoms with Crippen molar-refractivity contribution < 1.29 is 4.79 Å². The Hall–Kier alpha value is -3.08. The molecular formula is C22H16N4OS2. The second-order valence-electron chi connectivity index (χ2n) is 6.36. The molecule has 2 heterocycles. The van der Waals surface area contributed by atoms with Crippen LogP contribution in [0.4, 0.5) is 0 Å². The van der Waals surface area contributed by atoms with Gasteiger partial charge in [0.05, 0.1) is 34.2 Å². The number of ketones is 1. The molecule has 0 radical (unpaired) electrons. The molecule has 0 spiro atoms. The number of fused-ring (bicyclic) bond motifs is 1. The van der Waals surface area contributed by atoms with Gasteiger partial charge >= 0.3 is 0 Å². The second-order valence-corrected chi connectivity index (χ2v) is 8.21. The summed E-state index contributed by atoms with van der Waals surface area (Å²) < 4.78 is 0. The molecule has 1 atom stereocenters. The van der Waals surface area contributed by atoms with Crippen molar-refractivity contribution in [2.24, 2.45) is 0 Å². The zero-order valence-electron chi connectivity index (χ0n) is 15.6. The number of carbonyl (C=O) groups is 1. The first-order valence-electron chi connectivity index (χ1n) is 8.95. The summed E-state index contributed by atoms with van der Waals surface area (Å²) in [6.07, 6.45) is 0. The number of aryl methyl sites for hydroxylation is 1. The highest BCUT2D eigenvalue weighted by molar-refractivity contribution is 8.00. The third-order valence-corrected chi connectivity index (χ3v) is 6.34. The number of hydrogen-bond donors (Lipinski definition) is 0. The summed E-state index contributed by atoms with van der Waals surface area (Å²) in [6.45, 7) is 1.88. The Morgan fingerprint density at radius 1 is 1.07 bits per heavy atom. The predicted molar refractivity (Wildman–Crippen MR) is 116 cm³/mol. The third kappa shape index (κ3) is 4.19.